The molecule has 0 aliphatic carbocycles. The van der Waals surface area contributed by atoms with Crippen molar-refractivity contribution in [2.24, 2.45) is 4.99 Å². The van der Waals surface area contributed by atoms with E-state index in [1.165, 1.54) is 16.0 Å². The molecule has 3 aromatic carbocycles. The molecule has 0 atom stereocenters. The van der Waals surface area contributed by atoms with Gasteiger partial charge in [0, 0.05) is 14.8 Å². The predicted octanol–water partition coefficient (Wildman–Crippen LogP) is 8.48. The van der Waals surface area contributed by atoms with Gasteiger partial charge in [0.2, 0.25) is 0 Å². The Bertz CT molecular complexity index is 973. The van der Waals surface area contributed by atoms with Gasteiger partial charge in [-0.1, -0.05) is 70.5 Å². The molecule has 1 nitrogen and oxygen atoms in total. The molecule has 0 aliphatic heterocycles. The molecule has 0 heterocycles. The number of hydrogen-bond donors (Lipinski definition) is 0. The normalized spacial score (nSPS) is 12.3. The van der Waals surface area contributed by atoms with Crippen LogP contribution in [0, 0.1) is 13.8 Å². The summed E-state index contributed by atoms with van der Waals surface area (Å²) in [7, 11) is 0. The van der Waals surface area contributed by atoms with Crippen LogP contribution in [0.5, 0.6) is 0 Å². The van der Waals surface area contributed by atoms with Gasteiger partial charge in [0.1, 0.15) is 5.04 Å². The van der Waals surface area contributed by atoms with Crippen molar-refractivity contribution in [3.8, 4) is 0 Å². The molecule has 0 bridgehead atoms. The molecular formula is C24H22ClNS2. The van der Waals surface area contributed by atoms with E-state index in [0.29, 0.717) is 0 Å². The molecule has 0 aliphatic rings. The highest BCUT2D eigenvalue weighted by Gasteiger charge is 2.07. The third-order valence-electron chi connectivity index (χ3n) is 4.02. The molecular weight excluding hydrogens is 402 g/mol. The lowest BCUT2D eigenvalue weighted by Gasteiger charge is -2.08. The van der Waals surface area contributed by atoms with Crippen LogP contribution in [0.2, 0.25) is 5.02 Å². The van der Waals surface area contributed by atoms with Gasteiger partial charge in [-0.15, -0.1) is 0 Å². The van der Waals surface area contributed by atoms with Gasteiger partial charge in [0.15, 0.2) is 0 Å². The standard InChI is InChI=1S/C24H22ClNS2/c1-17-4-10-21(11-5-17)26-24(28-23-12-6-18(2)7-13-23)19(3)16-27-22-14-8-20(25)9-15-22/h4-16H,1-3H3/b19-16+,26-24-. The summed E-state index contributed by atoms with van der Waals surface area (Å²) in [5.41, 5.74) is 4.58. The van der Waals surface area contributed by atoms with Crippen LogP contribution in [-0.2, 0) is 0 Å². The molecule has 0 fully saturated rings. The number of halogens is 1. The Hall–Kier alpha value is -1.94. The van der Waals surface area contributed by atoms with E-state index in [9.17, 15) is 0 Å². The van der Waals surface area contributed by atoms with Crippen molar-refractivity contribution in [3.63, 3.8) is 0 Å². The fourth-order valence-corrected chi connectivity index (χ4v) is 4.15. The minimum atomic E-state index is 0.751. The Morgan fingerprint density at radius 2 is 1.32 bits per heavy atom. The summed E-state index contributed by atoms with van der Waals surface area (Å²) in [6.45, 7) is 6.30. The van der Waals surface area contributed by atoms with E-state index in [4.69, 9.17) is 16.6 Å². The van der Waals surface area contributed by atoms with Crippen molar-refractivity contribution < 1.29 is 0 Å². The molecule has 3 rings (SSSR count). The summed E-state index contributed by atoms with van der Waals surface area (Å²) in [6.07, 6.45) is 0. The second-order valence-corrected chi connectivity index (χ2v) is 8.98. The fraction of sp³-hybridized carbons (Fsp3) is 0.125. The highest BCUT2D eigenvalue weighted by molar-refractivity contribution is 8.14. The topological polar surface area (TPSA) is 12.4 Å². The highest BCUT2D eigenvalue weighted by Crippen LogP contribution is 2.30. The van der Waals surface area contributed by atoms with Crippen molar-refractivity contribution >= 4 is 45.9 Å². The first kappa shape index (κ1) is 20.8. The first-order chi connectivity index (χ1) is 13.5. The van der Waals surface area contributed by atoms with E-state index >= 15 is 0 Å². The second kappa shape index (κ2) is 10.0. The fourth-order valence-electron chi connectivity index (χ4n) is 2.37. The second-order valence-electron chi connectivity index (χ2n) is 6.54. The number of nitrogens with zero attached hydrogens (tertiary/aromatic N) is 1. The van der Waals surface area contributed by atoms with E-state index in [1.807, 2.05) is 24.3 Å². The maximum atomic E-state index is 5.98. The molecule has 0 N–H and O–H groups in total. The average molecular weight is 424 g/mol. The van der Waals surface area contributed by atoms with Gasteiger partial charge < -0.3 is 0 Å². The van der Waals surface area contributed by atoms with E-state index < -0.39 is 0 Å². The number of aliphatic imine (C=N–C) groups is 1. The third kappa shape index (κ3) is 6.30. The van der Waals surface area contributed by atoms with Gasteiger partial charge in [-0.25, -0.2) is 4.99 Å². The Labute approximate surface area is 180 Å². The predicted molar refractivity (Wildman–Crippen MR) is 126 cm³/mol. The number of thioether (sulfide) groups is 2. The summed E-state index contributed by atoms with van der Waals surface area (Å²) in [4.78, 5) is 7.25. The van der Waals surface area contributed by atoms with Crippen LogP contribution in [0.15, 0.2) is 98.6 Å². The van der Waals surface area contributed by atoms with Gasteiger partial charge in [0.05, 0.1) is 5.69 Å². The number of benzene rings is 3. The summed E-state index contributed by atoms with van der Waals surface area (Å²) in [6, 6.07) is 24.7. The molecule has 0 aromatic heterocycles. The lowest BCUT2D eigenvalue weighted by Crippen LogP contribution is -1.94. The quantitative estimate of drug-likeness (QED) is 0.231. The third-order valence-corrected chi connectivity index (χ3v) is 6.41. The Morgan fingerprint density at radius 1 is 0.786 bits per heavy atom. The summed E-state index contributed by atoms with van der Waals surface area (Å²) in [5, 5.41) is 3.90. The lowest BCUT2D eigenvalue weighted by molar-refractivity contribution is 1.38. The summed E-state index contributed by atoms with van der Waals surface area (Å²) >= 11 is 9.35. The molecule has 0 saturated heterocycles. The molecule has 28 heavy (non-hydrogen) atoms. The zero-order chi connectivity index (χ0) is 19.9. The maximum absolute atomic E-state index is 5.98. The number of hydrogen-bond acceptors (Lipinski definition) is 3. The first-order valence-corrected chi connectivity index (χ1v) is 11.1. The van der Waals surface area contributed by atoms with E-state index in [0.717, 1.165) is 26.2 Å². The van der Waals surface area contributed by atoms with E-state index in [-0.39, 0.29) is 0 Å². The van der Waals surface area contributed by atoms with Crippen LogP contribution < -0.4 is 0 Å². The number of rotatable bonds is 5. The van der Waals surface area contributed by atoms with Crippen LogP contribution in [0.1, 0.15) is 18.1 Å². The maximum Gasteiger partial charge on any atom is 0.105 e. The Kier molecular flexibility index (Phi) is 7.43. The van der Waals surface area contributed by atoms with Crippen LogP contribution in [-0.4, -0.2) is 5.04 Å². The van der Waals surface area contributed by atoms with Crippen LogP contribution in [0.25, 0.3) is 0 Å². The molecule has 4 heteroatoms. The minimum absolute atomic E-state index is 0.751. The van der Waals surface area contributed by atoms with Gasteiger partial charge in [-0.3, -0.25) is 0 Å². The van der Waals surface area contributed by atoms with Crippen molar-refractivity contribution in [2.45, 2.75) is 30.6 Å². The number of aryl methyl sites for hydroxylation is 2. The SMILES string of the molecule is CC(=C\Sc1ccc(Cl)cc1)/C(=N/c1ccc(C)cc1)Sc1ccc(C)cc1. The molecule has 0 unspecified atom stereocenters. The van der Waals surface area contributed by atoms with Gasteiger partial charge in [-0.05, 0) is 80.3 Å². The Balaban J connectivity index is 1.87. The Morgan fingerprint density at radius 3 is 1.93 bits per heavy atom. The lowest BCUT2D eigenvalue weighted by atomic mass is 10.2. The molecule has 0 spiro atoms. The highest BCUT2D eigenvalue weighted by atomic mass is 35.5. The average Bonchev–Trinajstić information content (AvgIpc) is 2.70. The molecule has 142 valence electrons. The molecule has 0 radical (unpaired) electrons. The smallest absolute Gasteiger partial charge is 0.105 e. The summed E-state index contributed by atoms with van der Waals surface area (Å²) in [5.74, 6) is 0. The summed E-state index contributed by atoms with van der Waals surface area (Å²) < 4.78 is 0. The van der Waals surface area contributed by atoms with Crippen molar-refractivity contribution in [2.75, 3.05) is 0 Å². The first-order valence-electron chi connectivity index (χ1n) is 8.99. The van der Waals surface area contributed by atoms with Crippen LogP contribution >= 0.6 is 35.1 Å². The van der Waals surface area contributed by atoms with Crippen molar-refractivity contribution in [1.82, 2.24) is 0 Å². The monoisotopic (exact) mass is 423 g/mol. The van der Waals surface area contributed by atoms with Crippen LogP contribution in [0.3, 0.4) is 0 Å². The van der Waals surface area contributed by atoms with Gasteiger partial charge in [-0.2, -0.15) is 0 Å². The van der Waals surface area contributed by atoms with Crippen molar-refractivity contribution in [3.05, 3.63) is 99.9 Å². The molecule has 3 aromatic rings. The largest absolute Gasteiger partial charge is 0.241 e. The molecule has 0 amide bonds. The molecule has 0 saturated carbocycles. The van der Waals surface area contributed by atoms with Gasteiger partial charge >= 0.3 is 0 Å². The minimum Gasteiger partial charge on any atom is -0.241 e. The van der Waals surface area contributed by atoms with E-state index in [1.54, 1.807) is 23.5 Å². The zero-order valence-electron chi connectivity index (χ0n) is 16.1. The zero-order valence-corrected chi connectivity index (χ0v) is 18.5. The van der Waals surface area contributed by atoms with Gasteiger partial charge in [0.25, 0.3) is 0 Å². The van der Waals surface area contributed by atoms with Crippen LogP contribution in [0.4, 0.5) is 5.69 Å². The van der Waals surface area contributed by atoms with E-state index in [2.05, 4.69) is 74.7 Å². The van der Waals surface area contributed by atoms with Crippen molar-refractivity contribution in [1.29, 1.82) is 0 Å².